The first-order valence-corrected chi connectivity index (χ1v) is 9.07. The third kappa shape index (κ3) is 9.21. The van der Waals surface area contributed by atoms with E-state index >= 15 is 0 Å². The Morgan fingerprint density at radius 2 is 1.78 bits per heavy atom. The molecule has 0 saturated heterocycles. The third-order valence-electron chi connectivity index (χ3n) is 3.88. The van der Waals surface area contributed by atoms with E-state index in [2.05, 4.69) is 15.6 Å². The molecule has 2 aromatic rings. The number of aliphatic hydroxyl groups excluding tert-OH is 1. The summed E-state index contributed by atoms with van der Waals surface area (Å²) in [6, 6.07) is 18.0. The van der Waals surface area contributed by atoms with Gasteiger partial charge in [0.2, 0.25) is 0 Å². The molecule has 0 spiro atoms. The summed E-state index contributed by atoms with van der Waals surface area (Å²) in [5, 5.41) is 16.7. The van der Waals surface area contributed by atoms with Crippen molar-refractivity contribution in [3.63, 3.8) is 0 Å². The molecule has 0 bridgehead atoms. The van der Waals surface area contributed by atoms with Crippen molar-refractivity contribution in [3.05, 3.63) is 71.3 Å². The zero-order chi connectivity index (χ0) is 18.6. The zero-order valence-electron chi connectivity index (χ0n) is 16.0. The first kappa shape index (κ1) is 23.4. The van der Waals surface area contributed by atoms with E-state index in [0.717, 1.165) is 17.7 Å². The van der Waals surface area contributed by atoms with Crippen molar-refractivity contribution in [1.29, 1.82) is 0 Å². The number of hydrogen-bond donors (Lipinski definition) is 3. The van der Waals surface area contributed by atoms with Crippen LogP contribution in [0.4, 0.5) is 0 Å². The summed E-state index contributed by atoms with van der Waals surface area (Å²) < 4.78 is 5.66. The van der Waals surface area contributed by atoms with Crippen LogP contribution < -0.4 is 10.6 Å². The highest BCUT2D eigenvalue weighted by molar-refractivity contribution is 14.0. The molecule has 6 heteroatoms. The van der Waals surface area contributed by atoms with Gasteiger partial charge in [0.05, 0.1) is 25.9 Å². The van der Waals surface area contributed by atoms with Gasteiger partial charge in [-0.1, -0.05) is 60.2 Å². The van der Waals surface area contributed by atoms with E-state index in [1.54, 1.807) is 0 Å². The van der Waals surface area contributed by atoms with E-state index in [0.29, 0.717) is 32.3 Å². The molecule has 2 rings (SSSR count). The van der Waals surface area contributed by atoms with Crippen molar-refractivity contribution in [2.45, 2.75) is 26.6 Å². The first-order valence-electron chi connectivity index (χ1n) is 9.07. The van der Waals surface area contributed by atoms with E-state index in [4.69, 9.17) is 4.74 Å². The number of nitrogens with zero attached hydrogens (tertiary/aromatic N) is 1. The number of guanidine groups is 1. The maximum absolute atomic E-state index is 10.3. The van der Waals surface area contributed by atoms with Crippen LogP contribution in [0.15, 0.2) is 59.6 Å². The molecule has 3 N–H and O–H groups in total. The first-order chi connectivity index (χ1) is 12.7. The lowest BCUT2D eigenvalue weighted by molar-refractivity contribution is 0.125. The van der Waals surface area contributed by atoms with Gasteiger partial charge in [0.1, 0.15) is 0 Å². The molecule has 1 atom stereocenters. The van der Waals surface area contributed by atoms with Gasteiger partial charge in [0, 0.05) is 13.1 Å². The quantitative estimate of drug-likeness (QED) is 0.221. The maximum atomic E-state index is 10.3. The molecular weight excluding hydrogens is 453 g/mol. The molecule has 0 aromatic heterocycles. The highest BCUT2D eigenvalue weighted by atomic mass is 127. The summed E-state index contributed by atoms with van der Waals surface area (Å²) in [5.41, 5.74) is 3.21. The predicted octanol–water partition coefficient (Wildman–Crippen LogP) is 3.42. The van der Waals surface area contributed by atoms with Crippen molar-refractivity contribution in [1.82, 2.24) is 10.6 Å². The van der Waals surface area contributed by atoms with Crippen molar-refractivity contribution < 1.29 is 9.84 Å². The Labute approximate surface area is 179 Å². The van der Waals surface area contributed by atoms with Gasteiger partial charge in [-0.05, 0) is 25.0 Å². The lowest BCUT2D eigenvalue weighted by atomic mass is 10.1. The number of aliphatic hydroxyl groups is 1. The second-order valence-electron chi connectivity index (χ2n) is 6.11. The standard InChI is InChI=1S/C21H29N3O2.HI/c1-3-22-21(23-13-14-26-16-18-7-5-4-6-8-18)24-15-20(25)19-11-9-17(2)10-12-19;/h4-12,20,25H,3,13-16H2,1-2H3,(H2,22,23,24);1H. The number of aliphatic imine (C=N–C) groups is 1. The van der Waals surface area contributed by atoms with Crippen LogP contribution in [0.2, 0.25) is 0 Å². The number of aryl methyl sites for hydroxylation is 1. The highest BCUT2D eigenvalue weighted by Crippen LogP contribution is 2.13. The molecule has 0 fully saturated rings. The Bertz CT molecular complexity index is 663. The Morgan fingerprint density at radius 1 is 1.07 bits per heavy atom. The molecule has 2 aromatic carbocycles. The fraction of sp³-hybridized carbons (Fsp3) is 0.381. The fourth-order valence-electron chi connectivity index (χ4n) is 2.42. The molecule has 0 heterocycles. The van der Waals surface area contributed by atoms with Gasteiger partial charge in [0.25, 0.3) is 0 Å². The molecule has 0 aliphatic carbocycles. The van der Waals surface area contributed by atoms with Crippen molar-refractivity contribution >= 4 is 29.9 Å². The highest BCUT2D eigenvalue weighted by Gasteiger charge is 2.07. The van der Waals surface area contributed by atoms with Gasteiger partial charge in [-0.3, -0.25) is 4.99 Å². The van der Waals surface area contributed by atoms with Crippen LogP contribution in [0.1, 0.15) is 29.7 Å². The van der Waals surface area contributed by atoms with Gasteiger partial charge < -0.3 is 20.5 Å². The Hall–Kier alpha value is -1.64. The topological polar surface area (TPSA) is 65.9 Å². The summed E-state index contributed by atoms with van der Waals surface area (Å²) in [5.74, 6) is 0.682. The summed E-state index contributed by atoms with van der Waals surface area (Å²) >= 11 is 0. The van der Waals surface area contributed by atoms with Crippen LogP contribution in [0.3, 0.4) is 0 Å². The Kier molecular flexibility index (Phi) is 11.7. The van der Waals surface area contributed by atoms with E-state index < -0.39 is 6.10 Å². The predicted molar refractivity (Wildman–Crippen MR) is 122 cm³/mol. The Balaban J connectivity index is 0.00000364. The second-order valence-corrected chi connectivity index (χ2v) is 6.11. The molecule has 27 heavy (non-hydrogen) atoms. The number of halogens is 1. The third-order valence-corrected chi connectivity index (χ3v) is 3.88. The molecular formula is C21H30IN3O2. The molecule has 5 nitrogen and oxygen atoms in total. The molecule has 0 saturated carbocycles. The monoisotopic (exact) mass is 483 g/mol. The fourth-order valence-corrected chi connectivity index (χ4v) is 2.42. The Morgan fingerprint density at radius 3 is 2.44 bits per heavy atom. The molecule has 1 unspecified atom stereocenters. The van der Waals surface area contributed by atoms with Gasteiger partial charge in [-0.15, -0.1) is 24.0 Å². The second kappa shape index (κ2) is 13.5. The minimum absolute atomic E-state index is 0. The number of ether oxygens (including phenoxy) is 1. The van der Waals surface area contributed by atoms with Crippen LogP contribution in [0.5, 0.6) is 0 Å². The minimum Gasteiger partial charge on any atom is -0.386 e. The average Bonchev–Trinajstić information content (AvgIpc) is 2.67. The van der Waals surface area contributed by atoms with E-state index in [1.807, 2.05) is 68.4 Å². The van der Waals surface area contributed by atoms with E-state index in [-0.39, 0.29) is 24.0 Å². The summed E-state index contributed by atoms with van der Waals surface area (Å²) in [6.45, 7) is 6.95. The molecule has 0 radical (unpaired) electrons. The molecule has 0 aliphatic heterocycles. The summed E-state index contributed by atoms with van der Waals surface area (Å²) in [7, 11) is 0. The smallest absolute Gasteiger partial charge is 0.191 e. The van der Waals surface area contributed by atoms with E-state index in [9.17, 15) is 5.11 Å². The largest absolute Gasteiger partial charge is 0.386 e. The summed E-state index contributed by atoms with van der Waals surface area (Å²) in [4.78, 5) is 4.46. The van der Waals surface area contributed by atoms with E-state index in [1.165, 1.54) is 5.56 Å². The summed E-state index contributed by atoms with van der Waals surface area (Å²) in [6.07, 6.45) is -0.611. The molecule has 0 amide bonds. The molecule has 0 aliphatic rings. The van der Waals surface area contributed by atoms with Gasteiger partial charge >= 0.3 is 0 Å². The van der Waals surface area contributed by atoms with Crippen LogP contribution in [-0.2, 0) is 11.3 Å². The minimum atomic E-state index is -0.611. The number of nitrogens with one attached hydrogen (secondary N) is 2. The number of hydrogen-bond acceptors (Lipinski definition) is 3. The number of benzene rings is 2. The van der Waals surface area contributed by atoms with Gasteiger partial charge in [-0.2, -0.15) is 0 Å². The van der Waals surface area contributed by atoms with Crippen molar-refractivity contribution in [3.8, 4) is 0 Å². The SMILES string of the molecule is CCNC(=NCC(O)c1ccc(C)cc1)NCCOCc1ccccc1.I. The normalized spacial score (nSPS) is 12.2. The van der Waals surface area contributed by atoms with Crippen LogP contribution in [0, 0.1) is 6.92 Å². The lowest BCUT2D eigenvalue weighted by Crippen LogP contribution is -2.39. The molecule has 148 valence electrons. The lowest BCUT2D eigenvalue weighted by Gasteiger charge is -2.13. The van der Waals surface area contributed by atoms with Crippen molar-refractivity contribution in [2.24, 2.45) is 4.99 Å². The number of rotatable bonds is 9. The van der Waals surface area contributed by atoms with Crippen LogP contribution in [0.25, 0.3) is 0 Å². The van der Waals surface area contributed by atoms with Gasteiger partial charge in [0.15, 0.2) is 5.96 Å². The van der Waals surface area contributed by atoms with Crippen LogP contribution >= 0.6 is 24.0 Å². The zero-order valence-corrected chi connectivity index (χ0v) is 18.4. The average molecular weight is 483 g/mol. The van der Waals surface area contributed by atoms with Gasteiger partial charge in [-0.25, -0.2) is 0 Å². The maximum Gasteiger partial charge on any atom is 0.191 e. The van der Waals surface area contributed by atoms with Crippen molar-refractivity contribution in [2.75, 3.05) is 26.2 Å². The van der Waals surface area contributed by atoms with Crippen LogP contribution in [-0.4, -0.2) is 37.3 Å².